The van der Waals surface area contributed by atoms with Crippen molar-refractivity contribution in [3.63, 3.8) is 0 Å². The van der Waals surface area contributed by atoms with Crippen LogP contribution in [0.2, 0.25) is 0 Å². The monoisotopic (exact) mass is 255 g/mol. The highest BCUT2D eigenvalue weighted by Crippen LogP contribution is 2.23. The number of nitrogens with zero attached hydrogens (tertiary/aromatic N) is 3. The first kappa shape index (κ1) is 11.8. The van der Waals surface area contributed by atoms with Gasteiger partial charge in [0.15, 0.2) is 0 Å². The molecule has 0 bridgehead atoms. The van der Waals surface area contributed by atoms with Gasteiger partial charge in [0.1, 0.15) is 11.8 Å². The summed E-state index contributed by atoms with van der Waals surface area (Å²) in [6, 6.07) is 9.81. The molecule has 5 heteroatoms. The van der Waals surface area contributed by atoms with Crippen molar-refractivity contribution in [2.75, 3.05) is 0 Å². The molecule has 0 radical (unpaired) electrons. The van der Waals surface area contributed by atoms with Gasteiger partial charge in [0.2, 0.25) is 5.82 Å². The average Bonchev–Trinajstić information content (AvgIpc) is 2.88. The van der Waals surface area contributed by atoms with Crippen LogP contribution in [0.4, 0.5) is 0 Å². The zero-order valence-electron chi connectivity index (χ0n) is 10.7. The molecule has 3 aromatic rings. The number of benzene rings is 1. The van der Waals surface area contributed by atoms with E-state index in [4.69, 9.17) is 4.52 Å². The van der Waals surface area contributed by atoms with Gasteiger partial charge in [-0.3, -0.25) is 0 Å². The van der Waals surface area contributed by atoms with Crippen molar-refractivity contribution in [1.82, 2.24) is 15.1 Å². The minimum atomic E-state index is -0.775. The summed E-state index contributed by atoms with van der Waals surface area (Å²) in [6.07, 6.45) is -0.775. The molecule has 0 aliphatic heterocycles. The maximum atomic E-state index is 9.39. The molecule has 2 aromatic heterocycles. The quantitative estimate of drug-likeness (QED) is 0.762. The van der Waals surface area contributed by atoms with E-state index >= 15 is 0 Å². The third-order valence-electron chi connectivity index (χ3n) is 2.95. The number of hydrogen-bond donors (Lipinski definition) is 1. The van der Waals surface area contributed by atoms with Crippen molar-refractivity contribution in [2.24, 2.45) is 0 Å². The van der Waals surface area contributed by atoms with Crippen LogP contribution in [0.15, 0.2) is 34.9 Å². The molecule has 0 aliphatic rings. The summed E-state index contributed by atoms with van der Waals surface area (Å²) in [5.41, 5.74) is 2.64. The fraction of sp³-hybridized carbons (Fsp3) is 0.214. The van der Waals surface area contributed by atoms with Crippen molar-refractivity contribution < 1.29 is 9.63 Å². The Kier molecular flexibility index (Phi) is 2.76. The van der Waals surface area contributed by atoms with E-state index in [0.717, 1.165) is 16.5 Å². The van der Waals surface area contributed by atoms with Crippen LogP contribution in [0, 0.1) is 6.92 Å². The highest BCUT2D eigenvalue weighted by Gasteiger charge is 2.14. The molecule has 0 saturated carbocycles. The van der Waals surface area contributed by atoms with Gasteiger partial charge in [0.05, 0.1) is 5.52 Å². The minimum Gasteiger partial charge on any atom is -0.384 e. The van der Waals surface area contributed by atoms with Crippen LogP contribution >= 0.6 is 0 Å². The highest BCUT2D eigenvalue weighted by atomic mass is 16.5. The zero-order chi connectivity index (χ0) is 13.4. The van der Waals surface area contributed by atoms with Gasteiger partial charge in [0.25, 0.3) is 5.89 Å². The summed E-state index contributed by atoms with van der Waals surface area (Å²) in [5.74, 6) is 0.590. The number of pyridine rings is 1. The van der Waals surface area contributed by atoms with Gasteiger partial charge in [0, 0.05) is 5.39 Å². The summed E-state index contributed by atoms with van der Waals surface area (Å²) in [6.45, 7) is 3.60. The second-order valence-electron chi connectivity index (χ2n) is 4.47. The summed E-state index contributed by atoms with van der Waals surface area (Å²) < 4.78 is 4.98. The van der Waals surface area contributed by atoms with E-state index < -0.39 is 6.10 Å². The van der Waals surface area contributed by atoms with Crippen LogP contribution in [0.5, 0.6) is 0 Å². The first-order chi connectivity index (χ1) is 9.15. The number of aliphatic hydroxyl groups is 1. The lowest BCUT2D eigenvalue weighted by molar-refractivity contribution is 0.152. The number of hydrogen-bond acceptors (Lipinski definition) is 5. The molecule has 2 heterocycles. The van der Waals surface area contributed by atoms with Crippen molar-refractivity contribution in [3.05, 3.63) is 41.8 Å². The molecule has 0 aliphatic carbocycles. The molecule has 0 fully saturated rings. The zero-order valence-corrected chi connectivity index (χ0v) is 10.7. The SMILES string of the molecule is Cc1cc(-c2noc([C@H](C)O)n2)nc2ccccc12. The lowest BCUT2D eigenvalue weighted by Gasteiger charge is -2.03. The molecule has 96 valence electrons. The number of aromatic nitrogens is 3. The Morgan fingerprint density at radius 2 is 2.00 bits per heavy atom. The van der Waals surface area contributed by atoms with E-state index in [2.05, 4.69) is 15.1 Å². The van der Waals surface area contributed by atoms with E-state index in [1.807, 2.05) is 37.3 Å². The summed E-state index contributed by atoms with van der Waals surface area (Å²) >= 11 is 0. The second kappa shape index (κ2) is 4.44. The molecule has 0 amide bonds. The fourth-order valence-electron chi connectivity index (χ4n) is 1.97. The molecule has 3 rings (SSSR count). The molecular formula is C14H13N3O2. The molecule has 1 aromatic carbocycles. The lowest BCUT2D eigenvalue weighted by atomic mass is 10.1. The molecule has 0 spiro atoms. The number of aryl methyl sites for hydroxylation is 1. The standard InChI is InChI=1S/C14H13N3O2/c1-8-7-12(13-16-14(9(2)18)19-17-13)15-11-6-4-3-5-10(8)11/h3-7,9,18H,1-2H3/t9-/m0/s1. The van der Waals surface area contributed by atoms with Gasteiger partial charge in [-0.25, -0.2) is 4.98 Å². The Bertz CT molecular complexity index is 734. The summed E-state index contributed by atoms with van der Waals surface area (Å²) in [4.78, 5) is 8.65. The summed E-state index contributed by atoms with van der Waals surface area (Å²) in [7, 11) is 0. The Morgan fingerprint density at radius 1 is 1.21 bits per heavy atom. The van der Waals surface area contributed by atoms with Crippen molar-refractivity contribution in [3.8, 4) is 11.5 Å². The summed E-state index contributed by atoms with van der Waals surface area (Å²) in [5, 5.41) is 14.3. The number of aliphatic hydroxyl groups excluding tert-OH is 1. The number of fused-ring (bicyclic) bond motifs is 1. The van der Waals surface area contributed by atoms with Crippen molar-refractivity contribution in [2.45, 2.75) is 20.0 Å². The van der Waals surface area contributed by atoms with E-state index in [0.29, 0.717) is 11.5 Å². The first-order valence-corrected chi connectivity index (χ1v) is 6.03. The minimum absolute atomic E-state index is 0.197. The average molecular weight is 255 g/mol. The van der Waals surface area contributed by atoms with Crippen molar-refractivity contribution in [1.29, 1.82) is 0 Å². The second-order valence-corrected chi connectivity index (χ2v) is 4.47. The van der Waals surface area contributed by atoms with Crippen LogP contribution in [0.1, 0.15) is 24.5 Å². The van der Waals surface area contributed by atoms with Crippen molar-refractivity contribution >= 4 is 10.9 Å². The van der Waals surface area contributed by atoms with Gasteiger partial charge in [-0.15, -0.1) is 0 Å². The molecule has 0 unspecified atom stereocenters. The smallest absolute Gasteiger partial charge is 0.255 e. The van der Waals surface area contributed by atoms with Crippen LogP contribution in [0.25, 0.3) is 22.4 Å². The molecule has 0 saturated heterocycles. The van der Waals surface area contributed by atoms with Gasteiger partial charge in [-0.1, -0.05) is 23.4 Å². The van der Waals surface area contributed by atoms with E-state index in [9.17, 15) is 5.11 Å². The van der Waals surface area contributed by atoms with Crippen LogP contribution in [-0.2, 0) is 0 Å². The molecular weight excluding hydrogens is 242 g/mol. The van der Waals surface area contributed by atoms with Crippen LogP contribution < -0.4 is 0 Å². The lowest BCUT2D eigenvalue weighted by Crippen LogP contribution is -1.92. The fourth-order valence-corrected chi connectivity index (χ4v) is 1.97. The first-order valence-electron chi connectivity index (χ1n) is 6.03. The number of para-hydroxylation sites is 1. The Balaban J connectivity index is 2.14. The number of rotatable bonds is 2. The van der Waals surface area contributed by atoms with E-state index in [-0.39, 0.29) is 5.89 Å². The van der Waals surface area contributed by atoms with E-state index in [1.54, 1.807) is 6.92 Å². The Hall–Kier alpha value is -2.27. The molecule has 1 N–H and O–H groups in total. The largest absolute Gasteiger partial charge is 0.384 e. The predicted molar refractivity (Wildman–Crippen MR) is 70.4 cm³/mol. The van der Waals surface area contributed by atoms with Gasteiger partial charge < -0.3 is 9.63 Å². The topological polar surface area (TPSA) is 72.0 Å². The maximum absolute atomic E-state index is 9.39. The van der Waals surface area contributed by atoms with Crippen LogP contribution in [0.3, 0.4) is 0 Å². The molecule has 19 heavy (non-hydrogen) atoms. The molecule has 5 nitrogen and oxygen atoms in total. The third kappa shape index (κ3) is 2.08. The third-order valence-corrected chi connectivity index (χ3v) is 2.95. The van der Waals surface area contributed by atoms with E-state index in [1.165, 1.54) is 0 Å². The van der Waals surface area contributed by atoms with Gasteiger partial charge in [-0.2, -0.15) is 4.98 Å². The van der Waals surface area contributed by atoms with Gasteiger partial charge in [-0.05, 0) is 31.5 Å². The maximum Gasteiger partial charge on any atom is 0.255 e. The highest BCUT2D eigenvalue weighted by molar-refractivity contribution is 5.84. The Morgan fingerprint density at radius 3 is 2.74 bits per heavy atom. The van der Waals surface area contributed by atoms with Crippen LogP contribution in [-0.4, -0.2) is 20.2 Å². The predicted octanol–water partition coefficient (Wildman–Crippen LogP) is 2.65. The van der Waals surface area contributed by atoms with Gasteiger partial charge >= 0.3 is 0 Å². The normalized spacial score (nSPS) is 12.8. The Labute approximate surface area is 109 Å². The molecule has 1 atom stereocenters.